The lowest BCUT2D eigenvalue weighted by Gasteiger charge is -2.32. The first kappa shape index (κ1) is 14.4. The zero-order chi connectivity index (χ0) is 13.5. The lowest BCUT2D eigenvalue weighted by atomic mass is 9.89. The highest BCUT2D eigenvalue weighted by Gasteiger charge is 2.26. The Kier molecular flexibility index (Phi) is 5.67. The predicted molar refractivity (Wildman–Crippen MR) is 77.6 cm³/mol. The SMILES string of the molecule is CCNCC1CCCOC1c1ccc(OCC)cc1. The second-order valence-electron chi connectivity index (χ2n) is 5.00. The quantitative estimate of drug-likeness (QED) is 0.855. The van der Waals surface area contributed by atoms with E-state index in [1.807, 2.05) is 19.1 Å². The Balaban J connectivity index is 2.03. The van der Waals surface area contributed by atoms with Crippen LogP contribution in [0.4, 0.5) is 0 Å². The largest absolute Gasteiger partial charge is 0.494 e. The van der Waals surface area contributed by atoms with Gasteiger partial charge in [-0.1, -0.05) is 19.1 Å². The van der Waals surface area contributed by atoms with Crippen LogP contribution in [0.25, 0.3) is 0 Å². The van der Waals surface area contributed by atoms with Crippen LogP contribution in [0.2, 0.25) is 0 Å². The highest BCUT2D eigenvalue weighted by atomic mass is 16.5. The maximum absolute atomic E-state index is 5.99. The van der Waals surface area contributed by atoms with Gasteiger partial charge in [0.15, 0.2) is 0 Å². The Morgan fingerprint density at radius 3 is 2.74 bits per heavy atom. The Bertz CT molecular complexity index is 364. The zero-order valence-electron chi connectivity index (χ0n) is 12.0. The van der Waals surface area contributed by atoms with Crippen LogP contribution < -0.4 is 10.1 Å². The molecule has 1 aliphatic rings. The first-order chi connectivity index (χ1) is 9.35. The summed E-state index contributed by atoms with van der Waals surface area (Å²) in [7, 11) is 0. The lowest BCUT2D eigenvalue weighted by molar-refractivity contribution is -0.0276. The molecular weight excluding hydrogens is 238 g/mol. The van der Waals surface area contributed by atoms with Gasteiger partial charge in [-0.15, -0.1) is 0 Å². The molecule has 2 rings (SSSR count). The number of benzene rings is 1. The van der Waals surface area contributed by atoms with E-state index >= 15 is 0 Å². The average Bonchev–Trinajstić information content (AvgIpc) is 2.47. The van der Waals surface area contributed by atoms with Crippen molar-refractivity contribution in [1.29, 1.82) is 0 Å². The van der Waals surface area contributed by atoms with Gasteiger partial charge in [-0.05, 0) is 44.0 Å². The third-order valence-corrected chi connectivity index (χ3v) is 3.62. The van der Waals surface area contributed by atoms with E-state index in [2.05, 4.69) is 24.4 Å². The van der Waals surface area contributed by atoms with Gasteiger partial charge in [-0.3, -0.25) is 0 Å². The normalized spacial score (nSPS) is 23.3. The summed E-state index contributed by atoms with van der Waals surface area (Å²) < 4.78 is 11.5. The molecule has 1 aliphatic heterocycles. The van der Waals surface area contributed by atoms with E-state index < -0.39 is 0 Å². The monoisotopic (exact) mass is 263 g/mol. The second-order valence-corrected chi connectivity index (χ2v) is 5.00. The van der Waals surface area contributed by atoms with Crippen LogP contribution in [0.5, 0.6) is 5.75 Å². The number of ether oxygens (including phenoxy) is 2. The Morgan fingerprint density at radius 1 is 1.26 bits per heavy atom. The van der Waals surface area contributed by atoms with Crippen LogP contribution in [0.1, 0.15) is 38.4 Å². The molecule has 2 unspecified atom stereocenters. The fourth-order valence-electron chi connectivity index (χ4n) is 2.67. The number of nitrogens with one attached hydrogen (secondary N) is 1. The highest BCUT2D eigenvalue weighted by Crippen LogP contribution is 2.33. The van der Waals surface area contributed by atoms with Crippen molar-refractivity contribution in [3.8, 4) is 5.75 Å². The van der Waals surface area contributed by atoms with Gasteiger partial charge < -0.3 is 14.8 Å². The molecule has 3 nitrogen and oxygen atoms in total. The summed E-state index contributed by atoms with van der Waals surface area (Å²) in [6.45, 7) is 7.80. The molecule has 0 radical (unpaired) electrons. The van der Waals surface area contributed by atoms with Crippen LogP contribution in [-0.4, -0.2) is 26.3 Å². The van der Waals surface area contributed by atoms with Gasteiger partial charge in [0.25, 0.3) is 0 Å². The van der Waals surface area contributed by atoms with E-state index in [-0.39, 0.29) is 6.10 Å². The van der Waals surface area contributed by atoms with Crippen LogP contribution in [-0.2, 0) is 4.74 Å². The molecule has 0 saturated carbocycles. The van der Waals surface area contributed by atoms with E-state index in [1.54, 1.807) is 0 Å². The number of hydrogen-bond acceptors (Lipinski definition) is 3. The molecule has 1 heterocycles. The zero-order valence-corrected chi connectivity index (χ0v) is 12.0. The van der Waals surface area contributed by atoms with E-state index in [1.165, 1.54) is 18.4 Å². The van der Waals surface area contributed by atoms with Crippen molar-refractivity contribution >= 4 is 0 Å². The number of rotatable bonds is 6. The van der Waals surface area contributed by atoms with Gasteiger partial charge in [0.1, 0.15) is 5.75 Å². The van der Waals surface area contributed by atoms with E-state index in [4.69, 9.17) is 9.47 Å². The topological polar surface area (TPSA) is 30.5 Å². The molecule has 1 saturated heterocycles. The summed E-state index contributed by atoms with van der Waals surface area (Å²) >= 11 is 0. The van der Waals surface area contributed by atoms with Crippen LogP contribution in [0.3, 0.4) is 0 Å². The number of hydrogen-bond donors (Lipinski definition) is 1. The summed E-state index contributed by atoms with van der Waals surface area (Å²) in [5.74, 6) is 1.51. The van der Waals surface area contributed by atoms with Crippen molar-refractivity contribution in [2.45, 2.75) is 32.8 Å². The van der Waals surface area contributed by atoms with Crippen LogP contribution >= 0.6 is 0 Å². The summed E-state index contributed by atoms with van der Waals surface area (Å²) in [6, 6.07) is 8.36. The third-order valence-electron chi connectivity index (χ3n) is 3.62. The molecule has 0 aromatic heterocycles. The summed E-state index contributed by atoms with van der Waals surface area (Å²) in [5, 5.41) is 3.44. The van der Waals surface area contributed by atoms with Gasteiger partial charge >= 0.3 is 0 Å². The Morgan fingerprint density at radius 2 is 2.05 bits per heavy atom. The van der Waals surface area contributed by atoms with Crippen molar-refractivity contribution in [1.82, 2.24) is 5.32 Å². The molecule has 106 valence electrons. The van der Waals surface area contributed by atoms with Crippen LogP contribution in [0.15, 0.2) is 24.3 Å². The Hall–Kier alpha value is -1.06. The van der Waals surface area contributed by atoms with Crippen molar-refractivity contribution < 1.29 is 9.47 Å². The standard InChI is InChI=1S/C16H25NO2/c1-3-17-12-14-6-5-11-19-16(14)13-7-9-15(10-8-13)18-4-2/h7-10,14,16-17H,3-6,11-12H2,1-2H3. The fourth-order valence-corrected chi connectivity index (χ4v) is 2.67. The predicted octanol–water partition coefficient (Wildman–Crippen LogP) is 3.16. The first-order valence-electron chi connectivity index (χ1n) is 7.40. The minimum absolute atomic E-state index is 0.225. The first-order valence-corrected chi connectivity index (χ1v) is 7.40. The molecule has 0 aliphatic carbocycles. The molecular formula is C16H25NO2. The fraction of sp³-hybridized carbons (Fsp3) is 0.625. The molecule has 1 fully saturated rings. The molecule has 0 spiro atoms. The molecule has 1 aromatic rings. The molecule has 0 amide bonds. The minimum atomic E-state index is 0.225. The summed E-state index contributed by atoms with van der Waals surface area (Å²) in [4.78, 5) is 0. The van der Waals surface area contributed by atoms with Gasteiger partial charge in [-0.2, -0.15) is 0 Å². The maximum atomic E-state index is 5.99. The van der Waals surface area contributed by atoms with Crippen molar-refractivity contribution in [2.75, 3.05) is 26.3 Å². The average molecular weight is 263 g/mol. The van der Waals surface area contributed by atoms with E-state index in [9.17, 15) is 0 Å². The molecule has 19 heavy (non-hydrogen) atoms. The molecule has 1 aromatic carbocycles. The molecule has 3 heteroatoms. The van der Waals surface area contributed by atoms with Crippen molar-refractivity contribution in [2.24, 2.45) is 5.92 Å². The second kappa shape index (κ2) is 7.51. The smallest absolute Gasteiger partial charge is 0.119 e. The van der Waals surface area contributed by atoms with Gasteiger partial charge in [0, 0.05) is 19.1 Å². The van der Waals surface area contributed by atoms with Gasteiger partial charge in [0.2, 0.25) is 0 Å². The third kappa shape index (κ3) is 3.95. The van der Waals surface area contributed by atoms with Gasteiger partial charge in [0.05, 0.1) is 12.7 Å². The lowest BCUT2D eigenvalue weighted by Crippen LogP contribution is -2.31. The minimum Gasteiger partial charge on any atom is -0.494 e. The summed E-state index contributed by atoms with van der Waals surface area (Å²) in [6.07, 6.45) is 2.64. The highest BCUT2D eigenvalue weighted by molar-refractivity contribution is 5.29. The summed E-state index contributed by atoms with van der Waals surface area (Å²) in [5.41, 5.74) is 1.27. The van der Waals surface area contributed by atoms with Gasteiger partial charge in [-0.25, -0.2) is 0 Å². The Labute approximate surface area is 116 Å². The molecule has 0 bridgehead atoms. The maximum Gasteiger partial charge on any atom is 0.119 e. The van der Waals surface area contributed by atoms with Crippen LogP contribution in [0, 0.1) is 5.92 Å². The van der Waals surface area contributed by atoms with E-state index in [0.717, 1.165) is 25.4 Å². The molecule has 2 atom stereocenters. The van der Waals surface area contributed by atoms with E-state index in [0.29, 0.717) is 12.5 Å². The molecule has 1 N–H and O–H groups in total. The van der Waals surface area contributed by atoms with Crippen molar-refractivity contribution in [3.63, 3.8) is 0 Å². The van der Waals surface area contributed by atoms with Crippen molar-refractivity contribution in [3.05, 3.63) is 29.8 Å².